The molecule has 0 atom stereocenters. The minimum absolute atomic E-state index is 0.510. The molecule has 3 heterocycles. The Morgan fingerprint density at radius 3 is 2.42 bits per heavy atom. The normalized spacial score (nSPS) is 19.3. The van der Waals surface area contributed by atoms with Crippen molar-refractivity contribution in [3.8, 4) is 0 Å². The summed E-state index contributed by atoms with van der Waals surface area (Å²) in [6.45, 7) is 9.97. The first-order chi connectivity index (χ1) is 9.11. The predicted molar refractivity (Wildman–Crippen MR) is 81.9 cm³/mol. The van der Waals surface area contributed by atoms with Gasteiger partial charge >= 0.3 is 0 Å². The number of nitrogens with two attached hydrogens (primary N) is 1. The van der Waals surface area contributed by atoms with Gasteiger partial charge in [0.15, 0.2) is 0 Å². The van der Waals surface area contributed by atoms with Gasteiger partial charge < -0.3 is 9.88 Å². The van der Waals surface area contributed by atoms with Gasteiger partial charge in [-0.1, -0.05) is 20.8 Å². The molecule has 2 aliphatic heterocycles. The van der Waals surface area contributed by atoms with Gasteiger partial charge in [-0.3, -0.25) is 5.14 Å². The van der Waals surface area contributed by atoms with Crippen molar-refractivity contribution in [1.82, 2.24) is 20.1 Å². The number of piperidine rings is 1. The zero-order valence-corrected chi connectivity index (χ0v) is 13.2. The van der Waals surface area contributed by atoms with Gasteiger partial charge in [0.1, 0.15) is 12.2 Å². The summed E-state index contributed by atoms with van der Waals surface area (Å²) in [5.41, 5.74) is 0.510. The Labute approximate surface area is 121 Å². The van der Waals surface area contributed by atoms with Crippen molar-refractivity contribution in [2.45, 2.75) is 46.6 Å². The van der Waals surface area contributed by atoms with E-state index in [1.807, 2.05) is 6.33 Å². The highest BCUT2D eigenvalue weighted by Gasteiger charge is 2.39. The van der Waals surface area contributed by atoms with E-state index < -0.39 is 0 Å². The van der Waals surface area contributed by atoms with Gasteiger partial charge in [-0.2, -0.15) is 0 Å². The van der Waals surface area contributed by atoms with Crippen LogP contribution >= 0.6 is 12.8 Å². The van der Waals surface area contributed by atoms with E-state index in [9.17, 15) is 0 Å². The molecule has 3 N–H and O–H groups in total. The molecule has 3 rings (SSSR count). The molecule has 1 aromatic heterocycles. The molecule has 0 radical (unpaired) electrons. The number of thiol groups is 1. The molecule has 2 aliphatic rings. The van der Waals surface area contributed by atoms with E-state index in [2.05, 4.69) is 58.8 Å². The lowest BCUT2D eigenvalue weighted by Crippen LogP contribution is -2.37. The molecule has 0 aromatic carbocycles. The summed E-state index contributed by atoms with van der Waals surface area (Å²) in [7, 11) is 0. The van der Waals surface area contributed by atoms with Gasteiger partial charge in [0.2, 0.25) is 0 Å². The maximum absolute atomic E-state index is 4.19. The summed E-state index contributed by atoms with van der Waals surface area (Å²) in [6.07, 6.45) is 5.58. The van der Waals surface area contributed by atoms with E-state index in [1.165, 1.54) is 18.7 Å². The molecule has 6 heteroatoms. The maximum Gasteiger partial charge on any atom is 0.133 e. The first-order valence-corrected chi connectivity index (χ1v) is 7.46. The zero-order valence-electron chi connectivity index (χ0n) is 12.3. The number of fused-ring (bicyclic) bond motifs is 1. The van der Waals surface area contributed by atoms with E-state index in [0.29, 0.717) is 5.41 Å². The number of hydrogen-bond acceptors (Lipinski definition) is 5. The number of aromatic nitrogens is 3. The average molecular weight is 285 g/mol. The fraction of sp³-hybridized carbons (Fsp3) is 0.846. The number of rotatable bonds is 0. The summed E-state index contributed by atoms with van der Waals surface area (Å²) in [6, 6.07) is 0. The Kier molecular flexibility index (Phi) is 6.82. The van der Waals surface area contributed by atoms with Crippen LogP contribution in [0.5, 0.6) is 0 Å². The molecule has 1 saturated heterocycles. The summed E-state index contributed by atoms with van der Waals surface area (Å²) in [4.78, 5) is 0. The van der Waals surface area contributed by atoms with Crippen LogP contribution in [0.1, 0.15) is 39.4 Å². The second-order valence-corrected chi connectivity index (χ2v) is 6.03. The molecule has 19 heavy (non-hydrogen) atoms. The average Bonchev–Trinajstić information content (AvgIpc) is 2.91. The Morgan fingerprint density at radius 2 is 1.89 bits per heavy atom. The molecule has 0 unspecified atom stereocenters. The minimum atomic E-state index is 0.510. The highest BCUT2D eigenvalue weighted by molar-refractivity contribution is 7.77. The van der Waals surface area contributed by atoms with Gasteiger partial charge in [-0.25, -0.2) is 0 Å². The van der Waals surface area contributed by atoms with Crippen LogP contribution < -0.4 is 10.5 Å². The van der Waals surface area contributed by atoms with Crippen LogP contribution in [0.15, 0.2) is 6.33 Å². The quantitative estimate of drug-likeness (QED) is 0.634. The molecular formula is C13H27N5S. The third-order valence-corrected chi connectivity index (χ3v) is 3.40. The molecule has 1 aromatic rings. The summed E-state index contributed by atoms with van der Waals surface area (Å²) >= 11 is 3.03. The molecular weight excluding hydrogens is 258 g/mol. The number of nitrogens with one attached hydrogen (secondary N) is 1. The molecule has 1 spiro atoms. The Hall–Kier alpha value is -0.590. The summed E-state index contributed by atoms with van der Waals surface area (Å²) in [5.74, 6) is 2.02. The van der Waals surface area contributed by atoms with Crippen molar-refractivity contribution < 1.29 is 0 Å². The molecule has 0 saturated carbocycles. The van der Waals surface area contributed by atoms with Crippen molar-refractivity contribution in [2.75, 3.05) is 13.1 Å². The zero-order chi connectivity index (χ0) is 14.3. The fourth-order valence-corrected chi connectivity index (χ4v) is 2.59. The number of nitrogens with zero attached hydrogens (tertiary/aromatic N) is 3. The topological polar surface area (TPSA) is 68.8 Å². The smallest absolute Gasteiger partial charge is 0.133 e. The van der Waals surface area contributed by atoms with Gasteiger partial charge in [-0.05, 0) is 37.3 Å². The Bertz CT molecular complexity index is 332. The highest BCUT2D eigenvalue weighted by Crippen LogP contribution is 2.38. The van der Waals surface area contributed by atoms with E-state index >= 15 is 0 Å². The highest BCUT2D eigenvalue weighted by atomic mass is 32.1. The summed E-state index contributed by atoms with van der Waals surface area (Å²) in [5, 5.41) is 15.7. The first-order valence-electron chi connectivity index (χ1n) is 6.94. The Morgan fingerprint density at radius 1 is 1.32 bits per heavy atom. The van der Waals surface area contributed by atoms with E-state index in [0.717, 1.165) is 32.0 Å². The van der Waals surface area contributed by atoms with Crippen LogP contribution in [-0.4, -0.2) is 27.9 Å². The maximum atomic E-state index is 4.19. The van der Waals surface area contributed by atoms with E-state index in [1.54, 1.807) is 0 Å². The van der Waals surface area contributed by atoms with E-state index in [4.69, 9.17) is 0 Å². The molecule has 0 aliphatic carbocycles. The molecule has 0 bridgehead atoms. The Balaban J connectivity index is 0.000000262. The monoisotopic (exact) mass is 285 g/mol. The lowest BCUT2D eigenvalue weighted by Gasteiger charge is -2.32. The van der Waals surface area contributed by atoms with Crippen molar-refractivity contribution in [3.63, 3.8) is 0 Å². The van der Waals surface area contributed by atoms with Crippen molar-refractivity contribution in [2.24, 2.45) is 16.5 Å². The molecule has 5 nitrogen and oxygen atoms in total. The predicted octanol–water partition coefficient (Wildman–Crippen LogP) is 1.66. The van der Waals surface area contributed by atoms with Crippen LogP contribution in [0.2, 0.25) is 0 Å². The van der Waals surface area contributed by atoms with Crippen LogP contribution in [0.4, 0.5) is 0 Å². The van der Waals surface area contributed by atoms with Gasteiger partial charge in [0, 0.05) is 13.0 Å². The minimum Gasteiger partial charge on any atom is -0.317 e. The third kappa shape index (κ3) is 4.78. The lowest BCUT2D eigenvalue weighted by molar-refractivity contribution is 0.197. The van der Waals surface area contributed by atoms with Gasteiger partial charge in [-0.15, -0.1) is 23.0 Å². The van der Waals surface area contributed by atoms with Gasteiger partial charge in [0.25, 0.3) is 0 Å². The molecule has 1 fully saturated rings. The SMILES string of the molecule is CC(C)C.NS.c1nnc2n1CC1(CCNCC1)C2. The van der Waals surface area contributed by atoms with Crippen LogP contribution in [0, 0.1) is 11.3 Å². The van der Waals surface area contributed by atoms with Crippen LogP contribution in [0.3, 0.4) is 0 Å². The second-order valence-electron chi connectivity index (χ2n) is 6.03. The second kappa shape index (κ2) is 7.87. The number of hydrogen-bond donors (Lipinski definition) is 3. The largest absolute Gasteiger partial charge is 0.317 e. The summed E-state index contributed by atoms with van der Waals surface area (Å²) < 4.78 is 2.21. The van der Waals surface area contributed by atoms with Crippen LogP contribution in [-0.2, 0) is 13.0 Å². The van der Waals surface area contributed by atoms with Crippen molar-refractivity contribution in [3.05, 3.63) is 12.2 Å². The van der Waals surface area contributed by atoms with Crippen molar-refractivity contribution in [1.29, 1.82) is 0 Å². The van der Waals surface area contributed by atoms with E-state index in [-0.39, 0.29) is 0 Å². The van der Waals surface area contributed by atoms with Crippen molar-refractivity contribution >= 4 is 12.8 Å². The third-order valence-electron chi connectivity index (χ3n) is 3.40. The fourth-order valence-electron chi connectivity index (χ4n) is 2.59. The van der Waals surface area contributed by atoms with Crippen LogP contribution in [0.25, 0.3) is 0 Å². The first kappa shape index (κ1) is 16.5. The standard InChI is InChI=1S/C9H14N4.C4H10.H3NS/c1-3-10-4-2-9(1)5-8-12-11-7-13(8)6-9;1-4(2)3;1-2/h7,10H,1-6H2;4H,1-3H3;2H,1H2. The molecule has 110 valence electrons. The lowest BCUT2D eigenvalue weighted by atomic mass is 9.78. The van der Waals surface area contributed by atoms with Gasteiger partial charge in [0.05, 0.1) is 0 Å². The molecule has 0 amide bonds.